The molecule has 11 nitrogen and oxygen atoms in total. The van der Waals surface area contributed by atoms with Crippen LogP contribution in [0.3, 0.4) is 0 Å². The predicted octanol–water partition coefficient (Wildman–Crippen LogP) is 3.68. The summed E-state index contributed by atoms with van der Waals surface area (Å²) in [4.78, 5) is 30.1. The first kappa shape index (κ1) is 24.3. The van der Waals surface area contributed by atoms with Crippen LogP contribution < -0.4 is 15.0 Å². The van der Waals surface area contributed by atoms with Gasteiger partial charge in [0, 0.05) is 6.04 Å². The van der Waals surface area contributed by atoms with Gasteiger partial charge in [0.2, 0.25) is 5.82 Å². The monoisotopic (exact) mass is 504 g/mol. The quantitative estimate of drug-likeness (QED) is 0.366. The topological polar surface area (TPSA) is 129 Å². The fraction of sp³-hybridized carbons (Fsp3) is 0.346. The number of hydrogen-bond acceptors (Lipinski definition) is 8. The summed E-state index contributed by atoms with van der Waals surface area (Å²) in [5.74, 6) is 1.38. The fourth-order valence-electron chi connectivity index (χ4n) is 4.58. The zero-order valence-corrected chi connectivity index (χ0v) is 20.7. The lowest BCUT2D eigenvalue weighted by atomic mass is 10.1. The van der Waals surface area contributed by atoms with E-state index in [4.69, 9.17) is 13.6 Å². The van der Waals surface area contributed by atoms with Gasteiger partial charge in [-0.15, -0.1) is 10.2 Å². The van der Waals surface area contributed by atoms with Crippen molar-refractivity contribution in [1.29, 1.82) is 0 Å². The van der Waals surface area contributed by atoms with Crippen LogP contribution in [0.5, 0.6) is 5.75 Å². The van der Waals surface area contributed by atoms with Gasteiger partial charge >= 0.3 is 0 Å². The maximum absolute atomic E-state index is 13.9. The largest absolute Gasteiger partial charge is 0.495 e. The van der Waals surface area contributed by atoms with Gasteiger partial charge in [0.15, 0.2) is 11.8 Å². The molecule has 1 aromatic carbocycles. The standard InChI is InChI=1S/C26H28N6O5/c1-17-13-14-22(37-17)25-28-30-31(29-25)16-23(33)32(19-10-5-6-11-20(19)35-2)24(21-12-7-15-36-21)26(34)27-18-8-3-4-9-18/h5-7,10-15,18,24H,3-4,8-9,16H2,1-2H3,(H,27,34)/t24-/m0/s1. The highest BCUT2D eigenvalue weighted by atomic mass is 16.5. The second-order valence-electron chi connectivity index (χ2n) is 8.90. The minimum Gasteiger partial charge on any atom is -0.495 e. The number of ether oxygens (including phenoxy) is 1. The molecule has 3 aromatic heterocycles. The van der Waals surface area contributed by atoms with Crippen molar-refractivity contribution in [3.05, 3.63) is 66.3 Å². The van der Waals surface area contributed by atoms with Crippen LogP contribution in [0.1, 0.15) is 43.2 Å². The molecular formula is C26H28N6O5. The molecule has 0 unspecified atom stereocenters. The van der Waals surface area contributed by atoms with Gasteiger partial charge in [0.25, 0.3) is 11.8 Å². The van der Waals surface area contributed by atoms with E-state index in [0.29, 0.717) is 28.7 Å². The molecule has 4 aromatic rings. The lowest BCUT2D eigenvalue weighted by molar-refractivity contribution is -0.128. The Morgan fingerprint density at radius 3 is 2.68 bits per heavy atom. The first-order valence-electron chi connectivity index (χ1n) is 12.2. The Labute approximate surface area is 213 Å². The molecule has 192 valence electrons. The number of carbonyl (C=O) groups excluding carboxylic acids is 2. The van der Waals surface area contributed by atoms with Gasteiger partial charge in [-0.25, -0.2) is 0 Å². The van der Waals surface area contributed by atoms with E-state index in [9.17, 15) is 9.59 Å². The Morgan fingerprint density at radius 2 is 1.97 bits per heavy atom. The van der Waals surface area contributed by atoms with E-state index in [-0.39, 0.29) is 24.3 Å². The third-order valence-corrected chi connectivity index (χ3v) is 6.32. The highest BCUT2D eigenvalue weighted by molar-refractivity contribution is 6.02. The summed E-state index contributed by atoms with van der Waals surface area (Å²) in [6.45, 7) is 1.53. The van der Waals surface area contributed by atoms with E-state index in [1.165, 1.54) is 23.1 Å². The second kappa shape index (κ2) is 10.7. The maximum Gasteiger partial charge on any atom is 0.251 e. The van der Waals surface area contributed by atoms with Crippen LogP contribution in [0.25, 0.3) is 11.6 Å². The average molecular weight is 505 g/mol. The first-order chi connectivity index (χ1) is 18.0. The van der Waals surface area contributed by atoms with Crippen LogP contribution in [0, 0.1) is 6.92 Å². The van der Waals surface area contributed by atoms with Crippen molar-refractivity contribution >= 4 is 17.5 Å². The lowest BCUT2D eigenvalue weighted by Crippen LogP contribution is -2.47. The number of carbonyl (C=O) groups is 2. The van der Waals surface area contributed by atoms with Crippen molar-refractivity contribution < 1.29 is 23.2 Å². The van der Waals surface area contributed by atoms with Gasteiger partial charge in [0.05, 0.1) is 19.1 Å². The molecule has 1 saturated carbocycles. The third-order valence-electron chi connectivity index (χ3n) is 6.32. The molecule has 1 atom stereocenters. The zero-order chi connectivity index (χ0) is 25.8. The van der Waals surface area contributed by atoms with Gasteiger partial charge < -0.3 is 18.9 Å². The van der Waals surface area contributed by atoms with Crippen molar-refractivity contribution in [2.45, 2.75) is 51.2 Å². The number of benzene rings is 1. The fourth-order valence-corrected chi connectivity index (χ4v) is 4.58. The number of aromatic nitrogens is 4. The van der Waals surface area contributed by atoms with E-state index in [0.717, 1.165) is 25.7 Å². The average Bonchev–Trinajstić information content (AvgIpc) is 3.71. The molecule has 0 saturated heterocycles. The van der Waals surface area contributed by atoms with Crippen molar-refractivity contribution in [3.8, 4) is 17.3 Å². The van der Waals surface area contributed by atoms with Gasteiger partial charge in [-0.1, -0.05) is 25.0 Å². The van der Waals surface area contributed by atoms with E-state index in [2.05, 4.69) is 20.7 Å². The van der Waals surface area contributed by atoms with Crippen LogP contribution in [0.2, 0.25) is 0 Å². The van der Waals surface area contributed by atoms with Crippen molar-refractivity contribution in [3.63, 3.8) is 0 Å². The van der Waals surface area contributed by atoms with Crippen molar-refractivity contribution in [1.82, 2.24) is 25.5 Å². The molecular weight excluding hydrogens is 476 g/mol. The summed E-state index contributed by atoms with van der Waals surface area (Å²) >= 11 is 0. The van der Waals surface area contributed by atoms with Gasteiger partial charge in [0.1, 0.15) is 23.8 Å². The van der Waals surface area contributed by atoms with Gasteiger partial charge in [-0.05, 0) is 61.4 Å². The van der Waals surface area contributed by atoms with Crippen LogP contribution in [-0.2, 0) is 16.1 Å². The SMILES string of the molecule is COc1ccccc1N(C(=O)Cn1nnc(-c2ccc(C)o2)n1)[C@H](C(=O)NC1CCCC1)c1ccco1. The van der Waals surface area contributed by atoms with Crippen LogP contribution in [-0.4, -0.2) is 45.2 Å². The van der Waals surface area contributed by atoms with Crippen LogP contribution >= 0.6 is 0 Å². The van der Waals surface area contributed by atoms with E-state index < -0.39 is 11.9 Å². The normalized spacial score (nSPS) is 14.4. The Kier molecular flexibility index (Phi) is 7.02. The van der Waals surface area contributed by atoms with Crippen LogP contribution in [0.15, 0.2) is 63.6 Å². The number of nitrogens with zero attached hydrogens (tertiary/aromatic N) is 5. The van der Waals surface area contributed by atoms with Crippen molar-refractivity contribution in [2.24, 2.45) is 0 Å². The zero-order valence-electron chi connectivity index (χ0n) is 20.7. The number of nitrogens with one attached hydrogen (secondary N) is 1. The summed E-state index contributed by atoms with van der Waals surface area (Å²) < 4.78 is 16.8. The predicted molar refractivity (Wildman–Crippen MR) is 133 cm³/mol. The van der Waals surface area contributed by atoms with Crippen LogP contribution in [0.4, 0.5) is 5.69 Å². The van der Waals surface area contributed by atoms with E-state index in [1.54, 1.807) is 48.5 Å². The Hall–Kier alpha value is -4.41. The highest BCUT2D eigenvalue weighted by Gasteiger charge is 2.37. The Bertz CT molecular complexity index is 1360. The Balaban J connectivity index is 1.50. The number of amides is 2. The number of tetrazole rings is 1. The molecule has 0 aliphatic heterocycles. The molecule has 1 fully saturated rings. The van der Waals surface area contributed by atoms with Crippen molar-refractivity contribution in [2.75, 3.05) is 12.0 Å². The summed E-state index contributed by atoms with van der Waals surface area (Å²) in [6, 6.07) is 12.9. The molecule has 0 radical (unpaired) electrons. The molecule has 1 N–H and O–H groups in total. The smallest absolute Gasteiger partial charge is 0.251 e. The van der Waals surface area contributed by atoms with Gasteiger partial charge in [-0.2, -0.15) is 4.80 Å². The number of hydrogen-bond donors (Lipinski definition) is 1. The minimum atomic E-state index is -1.07. The molecule has 3 heterocycles. The number of furan rings is 2. The number of aryl methyl sites for hydroxylation is 1. The van der Waals surface area contributed by atoms with Gasteiger partial charge in [-0.3, -0.25) is 14.5 Å². The molecule has 1 aliphatic rings. The first-order valence-corrected chi connectivity index (χ1v) is 12.2. The maximum atomic E-state index is 13.9. The Morgan fingerprint density at radius 1 is 1.16 bits per heavy atom. The van der Waals surface area contributed by atoms with E-state index in [1.807, 2.05) is 6.92 Å². The molecule has 5 rings (SSSR count). The molecule has 1 aliphatic carbocycles. The number of para-hydroxylation sites is 2. The summed E-state index contributed by atoms with van der Waals surface area (Å²) in [6.07, 6.45) is 5.39. The summed E-state index contributed by atoms with van der Waals surface area (Å²) in [5.41, 5.74) is 0.417. The molecule has 37 heavy (non-hydrogen) atoms. The molecule has 11 heteroatoms. The number of methoxy groups -OCH3 is 1. The molecule has 0 bridgehead atoms. The second-order valence-corrected chi connectivity index (χ2v) is 8.90. The minimum absolute atomic E-state index is 0.0517. The lowest BCUT2D eigenvalue weighted by Gasteiger charge is -2.31. The van der Waals surface area contributed by atoms with E-state index >= 15 is 0 Å². The molecule has 0 spiro atoms. The third kappa shape index (κ3) is 5.25. The molecule has 2 amide bonds. The number of rotatable bonds is 9. The summed E-state index contributed by atoms with van der Waals surface area (Å²) in [7, 11) is 1.51. The highest BCUT2D eigenvalue weighted by Crippen LogP contribution is 2.35. The number of anilines is 1. The summed E-state index contributed by atoms with van der Waals surface area (Å²) in [5, 5.41) is 15.4.